The van der Waals surface area contributed by atoms with Crippen molar-refractivity contribution in [1.82, 2.24) is 14.9 Å². The lowest BCUT2D eigenvalue weighted by Crippen LogP contribution is -2.35. The zero-order chi connectivity index (χ0) is 15.1. The van der Waals surface area contributed by atoms with Crippen LogP contribution in [0.15, 0.2) is 42.7 Å². The van der Waals surface area contributed by atoms with Crippen molar-refractivity contribution in [2.75, 3.05) is 6.54 Å². The number of rotatable bonds is 1. The number of nitrogens with zero attached hydrogens (tertiary/aromatic N) is 2. The van der Waals surface area contributed by atoms with Gasteiger partial charge in [-0.05, 0) is 42.3 Å². The largest absolute Gasteiger partial charge is 0.357 e. The number of hydrogen-bond donors (Lipinski definition) is 1. The Morgan fingerprint density at radius 1 is 1.32 bits per heavy atom. The van der Waals surface area contributed by atoms with Crippen molar-refractivity contribution in [3.63, 3.8) is 0 Å². The molecule has 1 aromatic carbocycles. The Bertz CT molecular complexity index is 857. The summed E-state index contributed by atoms with van der Waals surface area (Å²) in [5.41, 5.74) is 3.61. The van der Waals surface area contributed by atoms with Gasteiger partial charge in [-0.15, -0.1) is 0 Å². The number of pyridine rings is 1. The van der Waals surface area contributed by atoms with E-state index in [9.17, 15) is 9.18 Å². The summed E-state index contributed by atoms with van der Waals surface area (Å²) >= 11 is 0. The van der Waals surface area contributed by atoms with Crippen molar-refractivity contribution in [1.29, 1.82) is 0 Å². The normalized spacial score (nSPS) is 14.1. The van der Waals surface area contributed by atoms with E-state index >= 15 is 0 Å². The zero-order valence-corrected chi connectivity index (χ0v) is 11.8. The van der Waals surface area contributed by atoms with Crippen molar-refractivity contribution in [2.45, 2.75) is 13.0 Å². The quantitative estimate of drug-likeness (QED) is 0.750. The number of nitrogens with one attached hydrogen (secondary N) is 1. The predicted molar refractivity (Wildman–Crippen MR) is 80.9 cm³/mol. The maximum Gasteiger partial charge on any atom is 0.255 e. The molecule has 4 rings (SSSR count). The molecule has 0 saturated heterocycles. The van der Waals surface area contributed by atoms with Gasteiger partial charge in [0.25, 0.3) is 5.91 Å². The molecule has 1 aliphatic heterocycles. The highest BCUT2D eigenvalue weighted by Crippen LogP contribution is 2.28. The number of H-pyrrole nitrogens is 1. The fraction of sp³-hybridized carbons (Fsp3) is 0.176. The zero-order valence-electron chi connectivity index (χ0n) is 11.8. The van der Waals surface area contributed by atoms with E-state index in [1.165, 1.54) is 6.07 Å². The number of amides is 1. The van der Waals surface area contributed by atoms with Crippen LogP contribution in [0.2, 0.25) is 0 Å². The third-order valence-electron chi connectivity index (χ3n) is 4.13. The molecule has 1 amide bonds. The molecule has 1 aliphatic rings. The second-order valence-electron chi connectivity index (χ2n) is 5.49. The maximum atomic E-state index is 13.4. The minimum Gasteiger partial charge on any atom is -0.357 e. The molecule has 4 nitrogen and oxygen atoms in total. The topological polar surface area (TPSA) is 49.0 Å². The van der Waals surface area contributed by atoms with Crippen LogP contribution in [0.25, 0.3) is 10.9 Å². The molecule has 22 heavy (non-hydrogen) atoms. The molecule has 3 heterocycles. The van der Waals surface area contributed by atoms with Gasteiger partial charge in [-0.1, -0.05) is 0 Å². The second-order valence-corrected chi connectivity index (χ2v) is 5.49. The van der Waals surface area contributed by atoms with Crippen LogP contribution in [-0.4, -0.2) is 27.3 Å². The Labute approximate surface area is 126 Å². The first-order chi connectivity index (χ1) is 10.7. The molecule has 1 N–H and O–H groups in total. The number of carbonyl (C=O) groups is 1. The number of halogens is 1. The Kier molecular flexibility index (Phi) is 2.92. The smallest absolute Gasteiger partial charge is 0.255 e. The number of hydrogen-bond acceptors (Lipinski definition) is 2. The van der Waals surface area contributed by atoms with E-state index in [2.05, 4.69) is 9.97 Å². The first-order valence-electron chi connectivity index (χ1n) is 7.20. The first kappa shape index (κ1) is 13.0. The van der Waals surface area contributed by atoms with Crippen molar-refractivity contribution in [3.05, 3.63) is 65.4 Å². The lowest BCUT2D eigenvalue weighted by atomic mass is 10.0. The third-order valence-corrected chi connectivity index (χ3v) is 4.13. The molecule has 0 fully saturated rings. The summed E-state index contributed by atoms with van der Waals surface area (Å²) in [4.78, 5) is 21.6. The minimum atomic E-state index is -0.233. The van der Waals surface area contributed by atoms with Crippen LogP contribution in [0.4, 0.5) is 4.39 Å². The van der Waals surface area contributed by atoms with E-state index in [1.54, 1.807) is 41.6 Å². The standard InChI is InChI=1S/C17H14FN3O/c18-12-3-4-15-14(8-12)13-5-7-21(10-16(13)20-15)17(22)11-2-1-6-19-9-11/h1-4,6,8-9,20H,5,7,10H2. The van der Waals surface area contributed by atoms with Gasteiger partial charge in [-0.2, -0.15) is 0 Å². The average molecular weight is 295 g/mol. The number of fused-ring (bicyclic) bond motifs is 3. The molecule has 0 aliphatic carbocycles. The first-order valence-corrected chi connectivity index (χ1v) is 7.20. The van der Waals surface area contributed by atoms with Gasteiger partial charge in [0, 0.05) is 35.5 Å². The van der Waals surface area contributed by atoms with Gasteiger partial charge in [-0.25, -0.2) is 4.39 Å². The van der Waals surface area contributed by atoms with Crippen molar-refractivity contribution in [2.24, 2.45) is 0 Å². The van der Waals surface area contributed by atoms with Gasteiger partial charge in [0.2, 0.25) is 0 Å². The SMILES string of the molecule is O=C(c1cccnc1)N1CCc2c([nH]c3ccc(F)cc23)C1. The molecule has 2 aromatic heterocycles. The van der Waals surface area contributed by atoms with Gasteiger partial charge in [0.05, 0.1) is 12.1 Å². The fourth-order valence-electron chi connectivity index (χ4n) is 3.06. The van der Waals surface area contributed by atoms with E-state index in [1.807, 2.05) is 0 Å². The number of aromatic amines is 1. The van der Waals surface area contributed by atoms with Crippen LogP contribution in [0, 0.1) is 5.82 Å². The van der Waals surface area contributed by atoms with E-state index < -0.39 is 0 Å². The Balaban J connectivity index is 1.67. The van der Waals surface area contributed by atoms with Crippen LogP contribution in [-0.2, 0) is 13.0 Å². The highest BCUT2D eigenvalue weighted by molar-refractivity contribution is 5.94. The predicted octanol–water partition coefficient (Wildman–Crippen LogP) is 2.90. The fourth-order valence-corrected chi connectivity index (χ4v) is 3.06. The molecule has 0 saturated carbocycles. The summed E-state index contributed by atoms with van der Waals surface area (Å²) in [6.45, 7) is 1.14. The van der Waals surface area contributed by atoms with Crippen molar-refractivity contribution in [3.8, 4) is 0 Å². The van der Waals surface area contributed by atoms with Crippen molar-refractivity contribution >= 4 is 16.8 Å². The highest BCUT2D eigenvalue weighted by atomic mass is 19.1. The van der Waals surface area contributed by atoms with Gasteiger partial charge in [0.1, 0.15) is 5.82 Å². The molecule has 0 atom stereocenters. The van der Waals surface area contributed by atoms with Crippen LogP contribution in [0.3, 0.4) is 0 Å². The molecule has 110 valence electrons. The Morgan fingerprint density at radius 3 is 3.05 bits per heavy atom. The van der Waals surface area contributed by atoms with E-state index in [0.29, 0.717) is 18.7 Å². The number of carbonyl (C=O) groups excluding carboxylic acids is 1. The van der Waals surface area contributed by atoms with Crippen molar-refractivity contribution < 1.29 is 9.18 Å². The van der Waals surface area contributed by atoms with Gasteiger partial charge >= 0.3 is 0 Å². The molecular weight excluding hydrogens is 281 g/mol. The average Bonchev–Trinajstić information content (AvgIpc) is 2.92. The lowest BCUT2D eigenvalue weighted by molar-refractivity contribution is 0.0732. The van der Waals surface area contributed by atoms with E-state index in [0.717, 1.165) is 28.6 Å². The van der Waals surface area contributed by atoms with Gasteiger partial charge < -0.3 is 9.88 Å². The summed E-state index contributed by atoms with van der Waals surface area (Å²) in [6.07, 6.45) is 3.96. The van der Waals surface area contributed by atoms with Crippen LogP contribution in [0.5, 0.6) is 0 Å². The summed E-state index contributed by atoms with van der Waals surface area (Å²) in [6, 6.07) is 8.28. The summed E-state index contributed by atoms with van der Waals surface area (Å²) in [5.74, 6) is -0.258. The monoisotopic (exact) mass is 295 g/mol. The molecular formula is C17H14FN3O. The summed E-state index contributed by atoms with van der Waals surface area (Å²) < 4.78 is 13.4. The molecule has 0 unspecified atom stereocenters. The lowest BCUT2D eigenvalue weighted by Gasteiger charge is -2.27. The minimum absolute atomic E-state index is 0.0245. The summed E-state index contributed by atoms with van der Waals surface area (Å²) in [5, 5.41) is 0.920. The molecule has 3 aromatic rings. The Morgan fingerprint density at radius 2 is 2.23 bits per heavy atom. The number of aromatic nitrogens is 2. The molecule has 0 spiro atoms. The van der Waals surface area contributed by atoms with E-state index in [-0.39, 0.29) is 11.7 Å². The van der Waals surface area contributed by atoms with Crippen LogP contribution < -0.4 is 0 Å². The van der Waals surface area contributed by atoms with Gasteiger partial charge in [-0.3, -0.25) is 9.78 Å². The van der Waals surface area contributed by atoms with Crippen LogP contribution >= 0.6 is 0 Å². The Hall–Kier alpha value is -2.69. The van der Waals surface area contributed by atoms with Crippen LogP contribution in [0.1, 0.15) is 21.6 Å². The third kappa shape index (κ3) is 2.06. The molecule has 0 radical (unpaired) electrons. The van der Waals surface area contributed by atoms with E-state index in [4.69, 9.17) is 0 Å². The summed E-state index contributed by atoms with van der Waals surface area (Å²) in [7, 11) is 0. The molecule has 5 heteroatoms. The number of benzene rings is 1. The second kappa shape index (κ2) is 4.94. The van der Waals surface area contributed by atoms with Gasteiger partial charge in [0.15, 0.2) is 0 Å². The molecule has 0 bridgehead atoms. The maximum absolute atomic E-state index is 13.4. The highest BCUT2D eigenvalue weighted by Gasteiger charge is 2.24.